The quantitative estimate of drug-likeness (QED) is 0.749. The zero-order valence-electron chi connectivity index (χ0n) is 9.82. The Balaban J connectivity index is 3.28. The highest BCUT2D eigenvalue weighted by Gasteiger charge is 2.45. The maximum Gasteiger partial charge on any atom is 0.219 e. The molecule has 17 heavy (non-hydrogen) atoms. The van der Waals surface area contributed by atoms with E-state index in [0.29, 0.717) is 0 Å². The number of hydrogen-bond donors (Lipinski definition) is 2. The highest BCUT2D eigenvalue weighted by atomic mass is 32.2. The van der Waals surface area contributed by atoms with E-state index >= 15 is 0 Å². The fourth-order valence-electron chi connectivity index (χ4n) is 1.66. The topological polar surface area (TPSA) is 80.4 Å². The fraction of sp³-hybridized carbons (Fsp3) is 0.333. The maximum absolute atomic E-state index is 11.6. The van der Waals surface area contributed by atoms with Crippen LogP contribution < -0.4 is 5.73 Å². The zero-order chi connectivity index (χ0) is 13.2. The van der Waals surface area contributed by atoms with Gasteiger partial charge in [0.05, 0.1) is 6.42 Å². The van der Waals surface area contributed by atoms with Crippen LogP contribution in [0.1, 0.15) is 20.3 Å². The summed E-state index contributed by atoms with van der Waals surface area (Å²) in [4.78, 5) is 22.7. The molecule has 4 nitrogen and oxygen atoms in total. The first-order valence-corrected chi connectivity index (χ1v) is 5.88. The van der Waals surface area contributed by atoms with Crippen molar-refractivity contribution in [1.29, 1.82) is 0 Å². The molecule has 0 saturated carbocycles. The third-order valence-corrected chi connectivity index (χ3v) is 3.87. The van der Waals surface area contributed by atoms with E-state index in [0.717, 1.165) is 17.3 Å². The lowest BCUT2D eigenvalue weighted by Gasteiger charge is -2.23. The van der Waals surface area contributed by atoms with Crippen LogP contribution in [0.4, 0.5) is 0 Å². The smallest absolute Gasteiger partial charge is 0.219 e. The molecule has 92 valence electrons. The Morgan fingerprint density at radius 2 is 2.24 bits per heavy atom. The molecule has 0 aliphatic carbocycles. The third-order valence-electron chi connectivity index (χ3n) is 2.56. The summed E-state index contributed by atoms with van der Waals surface area (Å²) in [6.07, 6.45) is 3.13. The molecule has 1 amide bonds. The van der Waals surface area contributed by atoms with E-state index in [4.69, 9.17) is 5.73 Å². The van der Waals surface area contributed by atoms with E-state index in [-0.39, 0.29) is 22.9 Å². The lowest BCUT2D eigenvalue weighted by Crippen LogP contribution is -2.30. The Kier molecular flexibility index (Phi) is 3.83. The van der Waals surface area contributed by atoms with Gasteiger partial charge in [-0.3, -0.25) is 9.59 Å². The molecule has 1 aliphatic heterocycles. The number of thioether (sulfide) groups is 1. The van der Waals surface area contributed by atoms with Gasteiger partial charge in [-0.1, -0.05) is 36.1 Å². The Morgan fingerprint density at radius 1 is 1.65 bits per heavy atom. The molecule has 0 fully saturated rings. The highest BCUT2D eigenvalue weighted by Crippen LogP contribution is 2.46. The van der Waals surface area contributed by atoms with E-state index in [9.17, 15) is 14.7 Å². The molecule has 0 bridgehead atoms. The van der Waals surface area contributed by atoms with Crippen molar-refractivity contribution in [3.63, 3.8) is 0 Å². The maximum atomic E-state index is 11.6. The number of carbonyl (C=O) groups is 2. The average Bonchev–Trinajstić information content (AvgIpc) is 2.42. The first kappa shape index (κ1) is 13.6. The van der Waals surface area contributed by atoms with Gasteiger partial charge < -0.3 is 10.8 Å². The number of carbonyl (C=O) groups excluding carboxylic acids is 2. The molecule has 3 N–H and O–H groups in total. The summed E-state index contributed by atoms with van der Waals surface area (Å²) in [5.41, 5.74) is 6.21. The molecule has 0 aromatic carbocycles. The predicted octanol–water partition coefficient (Wildman–Crippen LogP) is 1.84. The van der Waals surface area contributed by atoms with Crippen molar-refractivity contribution in [2.24, 2.45) is 5.73 Å². The van der Waals surface area contributed by atoms with Crippen LogP contribution in [0.3, 0.4) is 0 Å². The normalized spacial score (nSPS) is 25.3. The summed E-state index contributed by atoms with van der Waals surface area (Å²) >= 11 is 0.913. The van der Waals surface area contributed by atoms with Gasteiger partial charge in [0.1, 0.15) is 10.5 Å². The van der Waals surface area contributed by atoms with E-state index in [2.05, 4.69) is 6.58 Å². The van der Waals surface area contributed by atoms with Gasteiger partial charge >= 0.3 is 0 Å². The predicted molar refractivity (Wildman–Crippen MR) is 68.4 cm³/mol. The van der Waals surface area contributed by atoms with Crippen molar-refractivity contribution in [2.75, 3.05) is 0 Å². The van der Waals surface area contributed by atoms with Gasteiger partial charge in [-0.25, -0.2) is 0 Å². The molecule has 0 spiro atoms. The molecular formula is C12H15NO3S. The van der Waals surface area contributed by atoms with Gasteiger partial charge in [0.25, 0.3) is 0 Å². The lowest BCUT2D eigenvalue weighted by molar-refractivity contribution is -0.118. The van der Waals surface area contributed by atoms with Crippen molar-refractivity contribution < 1.29 is 14.7 Å². The summed E-state index contributed by atoms with van der Waals surface area (Å²) in [6, 6.07) is 0. The van der Waals surface area contributed by atoms with Crippen molar-refractivity contribution >= 4 is 22.8 Å². The summed E-state index contributed by atoms with van der Waals surface area (Å²) in [6.45, 7) is 6.91. The van der Waals surface area contributed by atoms with Crippen LogP contribution >= 0.6 is 11.8 Å². The standard InChI is InChI=1S/C12H15NO3S/c1-4-7(2)5-12(6-9(13)14)10(15)8(3)11(16)17-12/h4-5,15H,1,6H2,2-3H3,(H2,13,14)/b7-5+/t12-/m0/s1. The molecule has 0 unspecified atom stereocenters. The van der Waals surface area contributed by atoms with Gasteiger partial charge in [-0.05, 0) is 13.8 Å². The average molecular weight is 253 g/mol. The van der Waals surface area contributed by atoms with Gasteiger partial charge in [0, 0.05) is 5.57 Å². The minimum absolute atomic E-state index is 0.0903. The first-order valence-electron chi connectivity index (χ1n) is 5.06. The van der Waals surface area contributed by atoms with E-state index in [1.54, 1.807) is 19.1 Å². The van der Waals surface area contributed by atoms with Crippen LogP contribution in [0, 0.1) is 0 Å². The number of primary amides is 1. The Bertz CT molecular complexity index is 451. The lowest BCUT2D eigenvalue weighted by atomic mass is 9.96. The van der Waals surface area contributed by atoms with E-state index in [1.165, 1.54) is 6.92 Å². The second-order valence-electron chi connectivity index (χ2n) is 3.99. The Labute approximate surface area is 104 Å². The fourth-order valence-corrected chi connectivity index (χ4v) is 2.95. The monoisotopic (exact) mass is 253 g/mol. The molecule has 1 atom stereocenters. The first-order chi connectivity index (χ1) is 7.82. The second kappa shape index (κ2) is 4.79. The van der Waals surface area contributed by atoms with Crippen LogP contribution in [-0.4, -0.2) is 20.9 Å². The van der Waals surface area contributed by atoms with Crippen molar-refractivity contribution in [1.82, 2.24) is 0 Å². The minimum atomic E-state index is -1.06. The van der Waals surface area contributed by atoms with E-state index < -0.39 is 10.7 Å². The summed E-state index contributed by atoms with van der Waals surface area (Å²) in [5.74, 6) is -0.660. The molecule has 0 saturated heterocycles. The second-order valence-corrected chi connectivity index (χ2v) is 5.29. The van der Waals surface area contributed by atoms with Crippen molar-refractivity contribution in [3.05, 3.63) is 35.6 Å². The van der Waals surface area contributed by atoms with Gasteiger partial charge in [-0.15, -0.1) is 0 Å². The largest absolute Gasteiger partial charge is 0.510 e. The molecule has 5 heteroatoms. The van der Waals surface area contributed by atoms with E-state index in [1.807, 2.05) is 0 Å². The molecular weight excluding hydrogens is 238 g/mol. The van der Waals surface area contributed by atoms with Gasteiger partial charge in [0.15, 0.2) is 0 Å². The van der Waals surface area contributed by atoms with Crippen LogP contribution in [-0.2, 0) is 9.59 Å². The number of aliphatic hydroxyl groups excluding tert-OH is 1. The number of rotatable bonds is 4. The minimum Gasteiger partial charge on any atom is -0.510 e. The summed E-state index contributed by atoms with van der Waals surface area (Å²) in [5, 5.41) is 9.78. The molecule has 1 heterocycles. The number of allylic oxidation sites excluding steroid dienone is 2. The molecule has 1 rings (SSSR count). The van der Waals surface area contributed by atoms with Gasteiger partial charge in [-0.2, -0.15) is 0 Å². The number of nitrogens with two attached hydrogens (primary N) is 1. The number of aliphatic hydroxyl groups is 1. The SMILES string of the molecule is C=C/C(C)=C/[C@@]1(CC(N)=O)SC(=O)C(C)=C1O. The molecule has 0 aromatic rings. The Hall–Kier alpha value is -1.49. The number of amides is 1. The summed E-state index contributed by atoms with van der Waals surface area (Å²) in [7, 11) is 0. The van der Waals surface area contributed by atoms with Crippen molar-refractivity contribution in [2.45, 2.75) is 25.0 Å². The highest BCUT2D eigenvalue weighted by molar-refractivity contribution is 8.16. The molecule has 0 aromatic heterocycles. The molecule has 0 radical (unpaired) electrons. The zero-order valence-corrected chi connectivity index (χ0v) is 10.6. The van der Waals surface area contributed by atoms with Crippen LogP contribution in [0.25, 0.3) is 0 Å². The third kappa shape index (κ3) is 2.61. The van der Waals surface area contributed by atoms with Crippen LogP contribution in [0.5, 0.6) is 0 Å². The van der Waals surface area contributed by atoms with Crippen molar-refractivity contribution in [3.8, 4) is 0 Å². The summed E-state index contributed by atoms with van der Waals surface area (Å²) < 4.78 is -1.06. The molecule has 1 aliphatic rings. The van der Waals surface area contributed by atoms with Crippen LogP contribution in [0.2, 0.25) is 0 Å². The van der Waals surface area contributed by atoms with Crippen LogP contribution in [0.15, 0.2) is 35.6 Å². The van der Waals surface area contributed by atoms with Gasteiger partial charge in [0.2, 0.25) is 11.0 Å². The number of hydrogen-bond acceptors (Lipinski definition) is 4. The Morgan fingerprint density at radius 3 is 2.59 bits per heavy atom.